The molecule has 0 bridgehead atoms. The van der Waals surface area contributed by atoms with E-state index in [0.29, 0.717) is 13.0 Å². The van der Waals surface area contributed by atoms with Crippen LogP contribution in [0.3, 0.4) is 0 Å². The van der Waals surface area contributed by atoms with Crippen molar-refractivity contribution < 1.29 is 9.53 Å². The fraction of sp³-hybridized carbons (Fsp3) is 0.375. The quantitative estimate of drug-likeness (QED) is 0.632. The molecule has 0 unspecified atom stereocenters. The van der Waals surface area contributed by atoms with Crippen molar-refractivity contribution in [3.8, 4) is 11.8 Å². The lowest BCUT2D eigenvalue weighted by Crippen LogP contribution is -2.32. The molecular weight excluding hydrogens is 346 g/mol. The largest absolute Gasteiger partial charge is 0.444 e. The van der Waals surface area contributed by atoms with E-state index in [4.69, 9.17) is 4.74 Å². The Morgan fingerprint density at radius 2 is 2.27 bits per heavy atom. The van der Waals surface area contributed by atoms with E-state index in [1.165, 1.54) is 0 Å². The lowest BCUT2D eigenvalue weighted by atomic mass is 10.2. The van der Waals surface area contributed by atoms with Crippen LogP contribution in [0.4, 0.5) is 4.79 Å². The molecule has 0 aliphatic carbocycles. The first-order valence-electron chi connectivity index (χ1n) is 6.93. The third kappa shape index (κ3) is 4.78. The Morgan fingerprint density at radius 1 is 1.50 bits per heavy atom. The number of aromatic nitrogens is 2. The SMILES string of the molecule is CC(C)(C)OC(=O)NCCC#Cc1c[nH]c2ncc(Br)cc12. The van der Waals surface area contributed by atoms with Gasteiger partial charge in [-0.1, -0.05) is 11.8 Å². The number of fused-ring (bicyclic) bond motifs is 1. The second-order valence-corrected chi connectivity index (χ2v) is 6.65. The predicted octanol–water partition coefficient (Wildman–Crippen LogP) is 3.59. The van der Waals surface area contributed by atoms with Crippen molar-refractivity contribution in [1.29, 1.82) is 0 Å². The molecule has 0 aliphatic rings. The van der Waals surface area contributed by atoms with E-state index < -0.39 is 11.7 Å². The summed E-state index contributed by atoms with van der Waals surface area (Å²) in [6, 6.07) is 1.97. The number of H-pyrrole nitrogens is 1. The van der Waals surface area contributed by atoms with Crippen molar-refractivity contribution in [3.05, 3.63) is 28.5 Å². The first kappa shape index (κ1) is 16.4. The van der Waals surface area contributed by atoms with Crippen LogP contribution in [0.1, 0.15) is 32.8 Å². The summed E-state index contributed by atoms with van der Waals surface area (Å²) in [7, 11) is 0. The minimum absolute atomic E-state index is 0.422. The zero-order valence-electron chi connectivity index (χ0n) is 12.8. The van der Waals surface area contributed by atoms with E-state index in [2.05, 4.69) is 43.1 Å². The van der Waals surface area contributed by atoms with Gasteiger partial charge in [-0.3, -0.25) is 0 Å². The standard InChI is InChI=1S/C16H18BrN3O2/c1-16(2,3)22-15(21)18-7-5-4-6-11-9-19-14-13(11)8-12(17)10-20-14/h8-10H,5,7H2,1-3H3,(H,18,21)(H,19,20). The molecule has 5 nitrogen and oxygen atoms in total. The van der Waals surface area contributed by atoms with Crippen molar-refractivity contribution in [2.24, 2.45) is 0 Å². The van der Waals surface area contributed by atoms with Gasteiger partial charge < -0.3 is 15.0 Å². The predicted molar refractivity (Wildman–Crippen MR) is 89.5 cm³/mol. The third-order valence-electron chi connectivity index (χ3n) is 2.64. The zero-order chi connectivity index (χ0) is 16.2. The van der Waals surface area contributed by atoms with Crippen LogP contribution in [0.15, 0.2) is 22.9 Å². The molecule has 22 heavy (non-hydrogen) atoms. The molecular formula is C16H18BrN3O2. The summed E-state index contributed by atoms with van der Waals surface area (Å²) < 4.78 is 6.06. The van der Waals surface area contributed by atoms with Crippen LogP contribution >= 0.6 is 15.9 Å². The van der Waals surface area contributed by atoms with E-state index in [1.54, 1.807) is 6.20 Å². The first-order chi connectivity index (χ1) is 10.3. The van der Waals surface area contributed by atoms with Crippen molar-refractivity contribution >= 4 is 33.1 Å². The van der Waals surface area contributed by atoms with E-state index in [1.807, 2.05) is 33.0 Å². The Morgan fingerprint density at radius 3 is 3.00 bits per heavy atom. The number of hydrogen-bond donors (Lipinski definition) is 2. The van der Waals surface area contributed by atoms with Crippen molar-refractivity contribution in [3.63, 3.8) is 0 Å². The molecule has 0 spiro atoms. The monoisotopic (exact) mass is 363 g/mol. The Kier molecular flexibility index (Phi) is 5.09. The summed E-state index contributed by atoms with van der Waals surface area (Å²) in [6.45, 7) is 5.94. The number of alkyl carbamates (subject to hydrolysis) is 1. The van der Waals surface area contributed by atoms with Gasteiger partial charge in [-0.2, -0.15) is 0 Å². The number of amides is 1. The Labute approximate surface area is 138 Å². The number of carbonyl (C=O) groups is 1. The van der Waals surface area contributed by atoms with Gasteiger partial charge in [0.15, 0.2) is 0 Å². The number of ether oxygens (including phenoxy) is 1. The zero-order valence-corrected chi connectivity index (χ0v) is 14.4. The van der Waals surface area contributed by atoms with Gasteiger partial charge in [0.1, 0.15) is 11.2 Å². The van der Waals surface area contributed by atoms with Gasteiger partial charge in [0.05, 0.1) is 5.56 Å². The molecule has 2 aromatic rings. The Bertz CT molecular complexity index is 735. The molecule has 2 rings (SSSR count). The van der Waals surface area contributed by atoms with Gasteiger partial charge in [0.2, 0.25) is 0 Å². The maximum absolute atomic E-state index is 11.5. The number of aromatic amines is 1. The number of pyridine rings is 1. The topological polar surface area (TPSA) is 67.0 Å². The van der Waals surface area contributed by atoms with E-state index in [0.717, 1.165) is 21.1 Å². The van der Waals surface area contributed by atoms with Gasteiger partial charge in [-0.05, 0) is 42.8 Å². The lowest BCUT2D eigenvalue weighted by molar-refractivity contribution is 0.0529. The average Bonchev–Trinajstić information content (AvgIpc) is 2.79. The lowest BCUT2D eigenvalue weighted by Gasteiger charge is -2.19. The fourth-order valence-corrected chi connectivity index (χ4v) is 2.11. The van der Waals surface area contributed by atoms with Crippen LogP contribution < -0.4 is 5.32 Å². The van der Waals surface area contributed by atoms with Crippen molar-refractivity contribution in [1.82, 2.24) is 15.3 Å². The smallest absolute Gasteiger partial charge is 0.407 e. The molecule has 2 heterocycles. The highest BCUT2D eigenvalue weighted by atomic mass is 79.9. The Balaban J connectivity index is 1.88. The highest BCUT2D eigenvalue weighted by Gasteiger charge is 2.15. The summed E-state index contributed by atoms with van der Waals surface area (Å²) in [5.41, 5.74) is 1.21. The summed E-state index contributed by atoms with van der Waals surface area (Å²) in [5, 5.41) is 3.65. The number of nitrogens with zero attached hydrogens (tertiary/aromatic N) is 1. The first-order valence-corrected chi connectivity index (χ1v) is 7.73. The molecule has 0 atom stereocenters. The summed E-state index contributed by atoms with van der Waals surface area (Å²) in [5.74, 6) is 6.12. The number of nitrogens with one attached hydrogen (secondary N) is 2. The fourth-order valence-electron chi connectivity index (χ4n) is 1.78. The highest BCUT2D eigenvalue weighted by Crippen LogP contribution is 2.19. The second kappa shape index (κ2) is 6.84. The molecule has 116 valence electrons. The molecule has 0 saturated carbocycles. The molecule has 0 radical (unpaired) electrons. The summed E-state index contributed by atoms with van der Waals surface area (Å²) in [6.07, 6.45) is 3.70. The molecule has 2 aromatic heterocycles. The normalized spacial score (nSPS) is 10.9. The van der Waals surface area contributed by atoms with Gasteiger partial charge in [-0.25, -0.2) is 9.78 Å². The highest BCUT2D eigenvalue weighted by molar-refractivity contribution is 9.10. The number of rotatable bonds is 2. The maximum atomic E-state index is 11.5. The maximum Gasteiger partial charge on any atom is 0.407 e. The number of halogens is 1. The minimum Gasteiger partial charge on any atom is -0.444 e. The summed E-state index contributed by atoms with van der Waals surface area (Å²) in [4.78, 5) is 18.8. The van der Waals surface area contributed by atoms with Crippen LogP contribution in [0.25, 0.3) is 11.0 Å². The van der Waals surface area contributed by atoms with Gasteiger partial charge in [-0.15, -0.1) is 0 Å². The second-order valence-electron chi connectivity index (χ2n) is 5.73. The van der Waals surface area contributed by atoms with Crippen molar-refractivity contribution in [2.75, 3.05) is 6.54 Å². The average molecular weight is 364 g/mol. The van der Waals surface area contributed by atoms with Crippen LogP contribution in [0.2, 0.25) is 0 Å². The molecule has 2 N–H and O–H groups in total. The number of carbonyl (C=O) groups excluding carboxylic acids is 1. The summed E-state index contributed by atoms with van der Waals surface area (Å²) >= 11 is 3.40. The van der Waals surface area contributed by atoms with E-state index in [-0.39, 0.29) is 0 Å². The van der Waals surface area contributed by atoms with Gasteiger partial charge in [0.25, 0.3) is 0 Å². The van der Waals surface area contributed by atoms with E-state index >= 15 is 0 Å². The molecule has 0 aliphatic heterocycles. The van der Waals surface area contributed by atoms with Crippen LogP contribution in [0.5, 0.6) is 0 Å². The molecule has 1 amide bonds. The minimum atomic E-state index is -0.486. The third-order valence-corrected chi connectivity index (χ3v) is 3.07. The van der Waals surface area contributed by atoms with Crippen LogP contribution in [-0.2, 0) is 4.74 Å². The van der Waals surface area contributed by atoms with Crippen molar-refractivity contribution in [2.45, 2.75) is 32.8 Å². The van der Waals surface area contributed by atoms with Gasteiger partial charge in [0, 0.05) is 35.2 Å². The molecule has 6 heteroatoms. The Hall–Kier alpha value is -2.00. The molecule has 0 fully saturated rings. The van der Waals surface area contributed by atoms with Crippen LogP contribution in [-0.4, -0.2) is 28.2 Å². The van der Waals surface area contributed by atoms with E-state index in [9.17, 15) is 4.79 Å². The number of hydrogen-bond acceptors (Lipinski definition) is 3. The molecule has 0 aromatic carbocycles. The van der Waals surface area contributed by atoms with Gasteiger partial charge >= 0.3 is 6.09 Å². The van der Waals surface area contributed by atoms with Crippen LogP contribution in [0, 0.1) is 11.8 Å². The molecule has 0 saturated heterocycles.